The molecule has 0 aliphatic rings. The minimum absolute atomic E-state index is 0.185. The maximum Gasteiger partial charge on any atom is 0.226 e. The molecule has 0 aliphatic heterocycles. The second-order valence-electron chi connectivity index (χ2n) is 5.46. The summed E-state index contributed by atoms with van der Waals surface area (Å²) in [5, 5.41) is 8.62. The predicted molar refractivity (Wildman–Crippen MR) is 96.7 cm³/mol. The van der Waals surface area contributed by atoms with Gasteiger partial charge < -0.3 is 14.6 Å². The van der Waals surface area contributed by atoms with E-state index in [4.69, 9.17) is 9.26 Å². The molecule has 1 amide bonds. The number of nitrogens with zero attached hydrogens (tertiary/aromatic N) is 2. The molecule has 0 radical (unpaired) electrons. The number of hydrogen-bond acceptors (Lipinski definition) is 6. The minimum Gasteiger partial charge on any atom is -0.492 e. The quantitative estimate of drug-likeness (QED) is 0.635. The van der Waals surface area contributed by atoms with E-state index in [1.54, 1.807) is 6.92 Å². The fraction of sp³-hybridized carbons (Fsp3) is 0.278. The van der Waals surface area contributed by atoms with Crippen molar-refractivity contribution in [2.24, 2.45) is 0 Å². The first-order valence-electron chi connectivity index (χ1n) is 8.24. The van der Waals surface area contributed by atoms with Crippen LogP contribution in [-0.4, -0.2) is 22.7 Å². The number of amides is 1. The lowest BCUT2D eigenvalue weighted by molar-refractivity contribution is -0.116. The SMILES string of the molecule is CCOc1cc(F)ccc1NC(=O)CCCc1nc(-c2cccs2)no1. The Labute approximate surface area is 154 Å². The molecule has 2 aromatic heterocycles. The molecule has 2 heterocycles. The largest absolute Gasteiger partial charge is 0.492 e. The molecule has 8 heteroatoms. The topological polar surface area (TPSA) is 77.2 Å². The molecule has 6 nitrogen and oxygen atoms in total. The van der Waals surface area contributed by atoms with Crippen LogP contribution < -0.4 is 10.1 Å². The van der Waals surface area contributed by atoms with Crippen LogP contribution in [0.4, 0.5) is 10.1 Å². The van der Waals surface area contributed by atoms with E-state index in [9.17, 15) is 9.18 Å². The van der Waals surface area contributed by atoms with Crippen molar-refractivity contribution >= 4 is 22.9 Å². The fourth-order valence-corrected chi connectivity index (χ4v) is 3.00. The van der Waals surface area contributed by atoms with E-state index in [1.807, 2.05) is 17.5 Å². The van der Waals surface area contributed by atoms with Gasteiger partial charge in [0.15, 0.2) is 0 Å². The summed E-state index contributed by atoms with van der Waals surface area (Å²) < 4.78 is 23.8. The molecule has 3 rings (SSSR count). The third kappa shape index (κ3) is 4.66. The van der Waals surface area contributed by atoms with Crippen molar-refractivity contribution in [3.05, 3.63) is 47.4 Å². The average molecular weight is 375 g/mol. The summed E-state index contributed by atoms with van der Waals surface area (Å²) in [4.78, 5) is 17.4. The van der Waals surface area contributed by atoms with E-state index < -0.39 is 5.82 Å². The maximum atomic E-state index is 13.3. The van der Waals surface area contributed by atoms with E-state index in [1.165, 1.54) is 29.5 Å². The van der Waals surface area contributed by atoms with Crippen molar-refractivity contribution < 1.29 is 18.4 Å². The van der Waals surface area contributed by atoms with Gasteiger partial charge in [-0.15, -0.1) is 11.3 Å². The number of halogens is 1. The monoisotopic (exact) mass is 375 g/mol. The summed E-state index contributed by atoms with van der Waals surface area (Å²) in [7, 11) is 0. The summed E-state index contributed by atoms with van der Waals surface area (Å²) >= 11 is 1.54. The van der Waals surface area contributed by atoms with Gasteiger partial charge in [-0.1, -0.05) is 11.2 Å². The van der Waals surface area contributed by atoms with Gasteiger partial charge >= 0.3 is 0 Å². The molecule has 0 saturated heterocycles. The van der Waals surface area contributed by atoms with E-state index in [-0.39, 0.29) is 12.3 Å². The summed E-state index contributed by atoms with van der Waals surface area (Å²) in [6.45, 7) is 2.18. The Hall–Kier alpha value is -2.74. The van der Waals surface area contributed by atoms with Gasteiger partial charge in [0.1, 0.15) is 11.6 Å². The summed E-state index contributed by atoms with van der Waals surface area (Å²) in [5.41, 5.74) is 0.455. The van der Waals surface area contributed by atoms with Gasteiger partial charge in [-0.25, -0.2) is 4.39 Å². The Morgan fingerprint density at radius 2 is 2.27 bits per heavy atom. The van der Waals surface area contributed by atoms with Crippen LogP contribution in [0.25, 0.3) is 10.7 Å². The van der Waals surface area contributed by atoms with Gasteiger partial charge in [-0.05, 0) is 36.9 Å². The summed E-state index contributed by atoms with van der Waals surface area (Å²) in [6.07, 6.45) is 1.34. The second-order valence-corrected chi connectivity index (χ2v) is 6.41. The normalized spacial score (nSPS) is 10.7. The molecule has 0 fully saturated rings. The van der Waals surface area contributed by atoms with E-state index >= 15 is 0 Å². The molecule has 26 heavy (non-hydrogen) atoms. The van der Waals surface area contributed by atoms with E-state index in [2.05, 4.69) is 15.5 Å². The highest BCUT2D eigenvalue weighted by Crippen LogP contribution is 2.26. The minimum atomic E-state index is -0.413. The number of rotatable bonds is 8. The van der Waals surface area contributed by atoms with Crippen molar-refractivity contribution in [1.82, 2.24) is 10.1 Å². The third-order valence-electron chi connectivity index (χ3n) is 3.52. The highest BCUT2D eigenvalue weighted by molar-refractivity contribution is 7.13. The number of thiophene rings is 1. The molecule has 0 spiro atoms. The Balaban J connectivity index is 1.50. The van der Waals surface area contributed by atoms with Crippen LogP contribution in [0.1, 0.15) is 25.7 Å². The fourth-order valence-electron chi connectivity index (χ4n) is 2.35. The molecule has 1 aromatic carbocycles. The number of aryl methyl sites for hydroxylation is 1. The molecular formula is C18H18FN3O3S. The highest BCUT2D eigenvalue weighted by Gasteiger charge is 2.12. The number of hydrogen-bond donors (Lipinski definition) is 1. The van der Waals surface area contributed by atoms with Gasteiger partial charge in [0, 0.05) is 18.9 Å². The van der Waals surface area contributed by atoms with Gasteiger partial charge in [-0.3, -0.25) is 4.79 Å². The van der Waals surface area contributed by atoms with Gasteiger partial charge in [-0.2, -0.15) is 4.98 Å². The lowest BCUT2D eigenvalue weighted by Gasteiger charge is -2.11. The molecule has 0 unspecified atom stereocenters. The van der Waals surface area contributed by atoms with Crippen LogP contribution in [0.3, 0.4) is 0 Å². The molecule has 3 aromatic rings. The number of carbonyl (C=O) groups excluding carboxylic acids is 1. The number of aromatic nitrogens is 2. The first-order valence-corrected chi connectivity index (χ1v) is 9.12. The van der Waals surface area contributed by atoms with Gasteiger partial charge in [0.05, 0.1) is 17.2 Å². The van der Waals surface area contributed by atoms with Gasteiger partial charge in [0.25, 0.3) is 0 Å². The summed E-state index contributed by atoms with van der Waals surface area (Å²) in [6, 6.07) is 7.87. The van der Waals surface area contributed by atoms with E-state index in [0.29, 0.717) is 42.6 Å². The van der Waals surface area contributed by atoms with Crippen LogP contribution in [-0.2, 0) is 11.2 Å². The second kappa shape index (κ2) is 8.57. The smallest absolute Gasteiger partial charge is 0.226 e. The first-order chi connectivity index (χ1) is 12.7. The van der Waals surface area contributed by atoms with Crippen LogP contribution in [0.2, 0.25) is 0 Å². The Kier molecular flexibility index (Phi) is 5.96. The van der Waals surface area contributed by atoms with Crippen molar-refractivity contribution in [3.8, 4) is 16.5 Å². The molecule has 0 aliphatic carbocycles. The molecule has 136 valence electrons. The average Bonchev–Trinajstić information content (AvgIpc) is 3.29. The molecule has 0 saturated carbocycles. The van der Waals surface area contributed by atoms with Crippen LogP contribution in [0.5, 0.6) is 5.75 Å². The number of anilines is 1. The lowest BCUT2D eigenvalue weighted by Crippen LogP contribution is -2.13. The van der Waals surface area contributed by atoms with Crippen molar-refractivity contribution in [2.45, 2.75) is 26.2 Å². The first kappa shape index (κ1) is 18.1. The molecule has 1 N–H and O–H groups in total. The predicted octanol–water partition coefficient (Wildman–Crippen LogP) is 4.30. The lowest BCUT2D eigenvalue weighted by atomic mass is 10.2. The molecule has 0 atom stereocenters. The van der Waals surface area contributed by atoms with Crippen LogP contribution in [0, 0.1) is 5.82 Å². The molecular weight excluding hydrogens is 357 g/mol. The number of ether oxygens (including phenoxy) is 1. The maximum absolute atomic E-state index is 13.3. The Morgan fingerprint density at radius 3 is 3.04 bits per heavy atom. The van der Waals surface area contributed by atoms with Crippen molar-refractivity contribution in [3.63, 3.8) is 0 Å². The Bertz CT molecular complexity index is 864. The molecule has 0 bridgehead atoms. The number of benzene rings is 1. The van der Waals surface area contributed by atoms with E-state index in [0.717, 1.165) is 4.88 Å². The van der Waals surface area contributed by atoms with Crippen molar-refractivity contribution in [1.29, 1.82) is 0 Å². The standard InChI is InChI=1S/C18H18FN3O3S/c1-2-24-14-11-12(19)8-9-13(14)20-16(23)6-3-7-17-21-18(22-25-17)15-5-4-10-26-15/h4-5,8-11H,2-3,6-7H2,1H3,(H,20,23). The third-order valence-corrected chi connectivity index (χ3v) is 4.39. The zero-order chi connectivity index (χ0) is 18.4. The highest BCUT2D eigenvalue weighted by atomic mass is 32.1. The zero-order valence-corrected chi connectivity index (χ0v) is 15.0. The zero-order valence-electron chi connectivity index (χ0n) is 14.2. The van der Waals surface area contributed by atoms with Gasteiger partial charge in [0.2, 0.25) is 17.6 Å². The van der Waals surface area contributed by atoms with Crippen LogP contribution in [0.15, 0.2) is 40.2 Å². The number of carbonyl (C=O) groups is 1. The number of nitrogens with one attached hydrogen (secondary N) is 1. The summed E-state index contributed by atoms with van der Waals surface area (Å²) in [5.74, 6) is 0.781. The van der Waals surface area contributed by atoms with Crippen LogP contribution >= 0.6 is 11.3 Å². The Morgan fingerprint density at radius 1 is 1.38 bits per heavy atom. The van der Waals surface area contributed by atoms with Crippen molar-refractivity contribution in [2.75, 3.05) is 11.9 Å².